The van der Waals surface area contributed by atoms with Crippen LogP contribution in [0.5, 0.6) is 0 Å². The normalized spacial score (nSPS) is 12.0. The molecular weight excluding hydrogens is 140 g/mol. The summed E-state index contributed by atoms with van der Waals surface area (Å²) in [7, 11) is 0. The van der Waals surface area contributed by atoms with Gasteiger partial charge >= 0.3 is 0 Å². The highest BCUT2D eigenvalue weighted by Gasteiger charge is 2.05. The van der Waals surface area contributed by atoms with Gasteiger partial charge in [0.15, 0.2) is 0 Å². The van der Waals surface area contributed by atoms with Gasteiger partial charge in [-0.1, -0.05) is 20.8 Å². The molecule has 0 aliphatic rings. The molecular formula is C7H20N4. The van der Waals surface area contributed by atoms with Crippen molar-refractivity contribution in [2.45, 2.75) is 27.2 Å². The molecule has 0 radical (unpaired) electrons. The molecule has 0 unspecified atom stereocenters. The highest BCUT2D eigenvalue weighted by atomic mass is 15.9. The first-order valence-electron chi connectivity index (χ1n) is 4.12. The van der Waals surface area contributed by atoms with Gasteiger partial charge in [-0.2, -0.15) is 0 Å². The summed E-state index contributed by atoms with van der Waals surface area (Å²) >= 11 is 0. The smallest absolute Gasteiger partial charge is 0.0162 e. The van der Waals surface area contributed by atoms with E-state index < -0.39 is 0 Å². The fourth-order valence-corrected chi connectivity index (χ4v) is 0.844. The third-order valence-corrected chi connectivity index (χ3v) is 1.66. The maximum Gasteiger partial charge on any atom is 0.0162 e. The minimum Gasteiger partial charge on any atom is -0.241 e. The quantitative estimate of drug-likeness (QED) is 0.449. The molecule has 0 saturated carbocycles. The lowest BCUT2D eigenvalue weighted by Gasteiger charge is -2.26. The standard InChI is InChI=1S/C7H20N4/c1-4-10(11(8)9)6-5-7(2)3/h7H,4-6,8-9H2,1-3H3. The van der Waals surface area contributed by atoms with Crippen LogP contribution in [0.2, 0.25) is 0 Å². The fourth-order valence-electron chi connectivity index (χ4n) is 0.844. The van der Waals surface area contributed by atoms with Crippen LogP contribution in [0.3, 0.4) is 0 Å². The zero-order valence-corrected chi connectivity index (χ0v) is 7.75. The molecule has 68 valence electrons. The number of hydrazine groups is 3. The van der Waals surface area contributed by atoms with Gasteiger partial charge in [0.25, 0.3) is 0 Å². The molecule has 4 heteroatoms. The Morgan fingerprint density at radius 2 is 1.82 bits per heavy atom. The van der Waals surface area contributed by atoms with Gasteiger partial charge < -0.3 is 0 Å². The van der Waals surface area contributed by atoms with Gasteiger partial charge in [0.05, 0.1) is 0 Å². The molecule has 0 atom stereocenters. The minimum atomic E-state index is 0.698. The van der Waals surface area contributed by atoms with E-state index in [4.69, 9.17) is 11.7 Å². The Morgan fingerprint density at radius 1 is 1.27 bits per heavy atom. The zero-order valence-electron chi connectivity index (χ0n) is 7.75. The first kappa shape index (κ1) is 10.8. The Hall–Kier alpha value is -0.160. The maximum absolute atomic E-state index is 5.37. The second-order valence-electron chi connectivity index (χ2n) is 3.11. The second kappa shape index (κ2) is 5.49. The van der Waals surface area contributed by atoms with Crippen molar-refractivity contribution < 1.29 is 0 Å². The van der Waals surface area contributed by atoms with E-state index in [-0.39, 0.29) is 0 Å². The SMILES string of the molecule is CCN(CCC(C)C)N(N)N. The summed E-state index contributed by atoms with van der Waals surface area (Å²) in [5, 5.41) is 3.07. The van der Waals surface area contributed by atoms with E-state index >= 15 is 0 Å². The van der Waals surface area contributed by atoms with Crippen LogP contribution in [-0.2, 0) is 0 Å². The van der Waals surface area contributed by atoms with Crippen LogP contribution in [0.15, 0.2) is 0 Å². The Bertz CT molecular complexity index is 92.4. The average molecular weight is 160 g/mol. The lowest BCUT2D eigenvalue weighted by Crippen LogP contribution is -2.52. The summed E-state index contributed by atoms with van der Waals surface area (Å²) < 4.78 is 0. The van der Waals surface area contributed by atoms with Crippen molar-refractivity contribution in [2.24, 2.45) is 17.6 Å². The summed E-state index contributed by atoms with van der Waals surface area (Å²) in [4.78, 5) is 0. The monoisotopic (exact) mass is 160 g/mol. The highest BCUT2D eigenvalue weighted by Crippen LogP contribution is 2.00. The Kier molecular flexibility index (Phi) is 5.41. The largest absolute Gasteiger partial charge is 0.241 e. The van der Waals surface area contributed by atoms with Crippen LogP contribution in [0.25, 0.3) is 0 Å². The molecule has 4 N–H and O–H groups in total. The number of hydrogen-bond donors (Lipinski definition) is 2. The molecule has 0 rings (SSSR count). The van der Waals surface area contributed by atoms with Crippen molar-refractivity contribution in [1.82, 2.24) is 10.2 Å². The number of rotatable bonds is 5. The predicted octanol–water partition coefficient (Wildman–Crippen LogP) is 0.319. The molecule has 4 nitrogen and oxygen atoms in total. The number of nitrogens with zero attached hydrogens (tertiary/aromatic N) is 2. The molecule has 0 fully saturated rings. The average Bonchev–Trinajstić information content (AvgIpc) is 1.87. The number of hydrogen-bond acceptors (Lipinski definition) is 4. The van der Waals surface area contributed by atoms with Gasteiger partial charge in [-0.05, 0) is 12.3 Å². The lowest BCUT2D eigenvalue weighted by molar-refractivity contribution is -0.0270. The van der Waals surface area contributed by atoms with Gasteiger partial charge in [0.2, 0.25) is 0 Å². The molecule has 0 heterocycles. The van der Waals surface area contributed by atoms with Crippen molar-refractivity contribution in [3.63, 3.8) is 0 Å². The van der Waals surface area contributed by atoms with Crippen LogP contribution < -0.4 is 11.7 Å². The Balaban J connectivity index is 3.52. The summed E-state index contributed by atoms with van der Waals surface area (Å²) in [6.07, 6.45) is 1.12. The van der Waals surface area contributed by atoms with Gasteiger partial charge in [0, 0.05) is 13.1 Å². The molecule has 0 aliphatic carbocycles. The van der Waals surface area contributed by atoms with Gasteiger partial charge in [-0.15, -0.1) is 5.23 Å². The van der Waals surface area contributed by atoms with Crippen LogP contribution in [-0.4, -0.2) is 23.3 Å². The summed E-state index contributed by atoms with van der Waals surface area (Å²) in [5.41, 5.74) is 0. The fraction of sp³-hybridized carbons (Fsp3) is 1.00. The van der Waals surface area contributed by atoms with Crippen molar-refractivity contribution in [2.75, 3.05) is 13.1 Å². The van der Waals surface area contributed by atoms with Crippen molar-refractivity contribution >= 4 is 0 Å². The molecule has 0 spiro atoms. The zero-order chi connectivity index (χ0) is 8.85. The van der Waals surface area contributed by atoms with E-state index in [0.29, 0.717) is 5.92 Å². The molecule has 0 aromatic rings. The van der Waals surface area contributed by atoms with Gasteiger partial charge in [-0.25, -0.2) is 16.7 Å². The molecule has 11 heavy (non-hydrogen) atoms. The Morgan fingerprint density at radius 3 is 2.09 bits per heavy atom. The predicted molar refractivity (Wildman–Crippen MR) is 46.9 cm³/mol. The van der Waals surface area contributed by atoms with Crippen molar-refractivity contribution in [3.8, 4) is 0 Å². The summed E-state index contributed by atoms with van der Waals surface area (Å²) in [5.74, 6) is 11.4. The van der Waals surface area contributed by atoms with E-state index in [1.807, 2.05) is 11.9 Å². The van der Waals surface area contributed by atoms with E-state index in [1.54, 1.807) is 0 Å². The van der Waals surface area contributed by atoms with Crippen LogP contribution in [0.4, 0.5) is 0 Å². The van der Waals surface area contributed by atoms with Crippen LogP contribution in [0.1, 0.15) is 27.2 Å². The first-order chi connectivity index (χ1) is 5.07. The minimum absolute atomic E-state index is 0.698. The van der Waals surface area contributed by atoms with Crippen LogP contribution >= 0.6 is 0 Å². The van der Waals surface area contributed by atoms with E-state index in [9.17, 15) is 0 Å². The third-order valence-electron chi connectivity index (χ3n) is 1.66. The summed E-state index contributed by atoms with van der Waals surface area (Å²) in [6, 6.07) is 0. The van der Waals surface area contributed by atoms with E-state index in [2.05, 4.69) is 13.8 Å². The van der Waals surface area contributed by atoms with Crippen LogP contribution in [0, 0.1) is 5.92 Å². The van der Waals surface area contributed by atoms with E-state index in [0.717, 1.165) is 19.5 Å². The Labute approximate surface area is 69.0 Å². The molecule has 0 saturated heterocycles. The van der Waals surface area contributed by atoms with Crippen molar-refractivity contribution in [3.05, 3.63) is 0 Å². The summed E-state index contributed by atoms with van der Waals surface area (Å²) in [6.45, 7) is 8.20. The third kappa shape index (κ3) is 5.15. The second-order valence-corrected chi connectivity index (χ2v) is 3.11. The molecule has 0 aromatic carbocycles. The topological polar surface area (TPSA) is 58.5 Å². The van der Waals surface area contributed by atoms with E-state index in [1.165, 1.54) is 5.23 Å². The molecule has 0 bridgehead atoms. The maximum atomic E-state index is 5.37. The molecule has 0 aromatic heterocycles. The first-order valence-corrected chi connectivity index (χ1v) is 4.12. The van der Waals surface area contributed by atoms with Crippen molar-refractivity contribution in [1.29, 1.82) is 0 Å². The lowest BCUT2D eigenvalue weighted by atomic mass is 10.1. The number of nitrogens with two attached hydrogens (primary N) is 2. The van der Waals surface area contributed by atoms with Gasteiger partial charge in [0.1, 0.15) is 0 Å². The highest BCUT2D eigenvalue weighted by molar-refractivity contribution is 4.50. The molecule has 0 amide bonds. The molecule has 0 aliphatic heterocycles. The van der Waals surface area contributed by atoms with Gasteiger partial charge in [-0.3, -0.25) is 0 Å².